The molecule has 0 aliphatic carbocycles. The molecule has 0 spiro atoms. The molecule has 4 aromatic rings. The van der Waals surface area contributed by atoms with Crippen molar-refractivity contribution in [1.82, 2.24) is 0 Å². The minimum Gasteiger partial charge on any atom is -0.484 e. The van der Waals surface area contributed by atoms with Gasteiger partial charge in [-0.3, -0.25) is 9.69 Å². The number of benzene rings is 4. The van der Waals surface area contributed by atoms with Gasteiger partial charge in [-0.2, -0.15) is 0 Å². The highest BCUT2D eigenvalue weighted by Gasteiger charge is 2.35. The van der Waals surface area contributed by atoms with E-state index in [-0.39, 0.29) is 18.6 Å². The Morgan fingerprint density at radius 2 is 1.46 bits per heavy atom. The van der Waals surface area contributed by atoms with Gasteiger partial charge in [-0.1, -0.05) is 92.3 Å². The van der Waals surface area contributed by atoms with Crippen LogP contribution in [0.5, 0.6) is 5.75 Å². The molecule has 0 aromatic heterocycles. The molecule has 0 saturated carbocycles. The number of nitrogens with zero attached hydrogens (tertiary/aromatic N) is 1. The second-order valence-corrected chi connectivity index (χ2v) is 11.7. The van der Waals surface area contributed by atoms with Crippen LogP contribution < -0.4 is 9.64 Å². The van der Waals surface area contributed by atoms with E-state index in [2.05, 4.69) is 68.4 Å². The molecule has 1 fully saturated rings. The molecule has 2 heterocycles. The third-order valence-corrected chi connectivity index (χ3v) is 8.93. The number of hydrogen-bond donors (Lipinski definition) is 0. The largest absolute Gasteiger partial charge is 0.484 e. The van der Waals surface area contributed by atoms with Crippen LogP contribution in [0.4, 0.5) is 11.4 Å². The van der Waals surface area contributed by atoms with Crippen LogP contribution in [0, 0.1) is 11.8 Å². The highest BCUT2D eigenvalue weighted by molar-refractivity contribution is 7.99. The van der Waals surface area contributed by atoms with E-state index >= 15 is 0 Å². The summed E-state index contributed by atoms with van der Waals surface area (Å²) < 4.78 is 12.5. The first-order valence-electron chi connectivity index (χ1n) is 13.7. The second-order valence-electron chi connectivity index (χ2n) is 10.6. The number of carbonyl (C=O) groups excluding carboxylic acids is 1. The van der Waals surface area contributed by atoms with Crippen molar-refractivity contribution in [3.8, 4) is 5.75 Å². The average Bonchev–Trinajstić information content (AvgIpc) is 2.99. The molecule has 0 bridgehead atoms. The fraction of sp³-hybridized carbons (Fsp3) is 0.265. The summed E-state index contributed by atoms with van der Waals surface area (Å²) in [5.41, 5.74) is 4.31. The molecular formula is C34H33NO3S. The van der Waals surface area contributed by atoms with Crippen molar-refractivity contribution in [2.75, 3.05) is 18.1 Å². The van der Waals surface area contributed by atoms with Gasteiger partial charge >= 0.3 is 0 Å². The third kappa shape index (κ3) is 5.34. The zero-order valence-electron chi connectivity index (χ0n) is 22.3. The molecule has 198 valence electrons. The summed E-state index contributed by atoms with van der Waals surface area (Å²) >= 11 is 1.69. The predicted molar refractivity (Wildman–Crippen MR) is 157 cm³/mol. The van der Waals surface area contributed by atoms with E-state index in [0.717, 1.165) is 39.8 Å². The molecule has 1 saturated heterocycles. The molecule has 5 heteroatoms. The van der Waals surface area contributed by atoms with Crippen molar-refractivity contribution < 1.29 is 14.3 Å². The molecule has 4 aromatic carbocycles. The van der Waals surface area contributed by atoms with Crippen LogP contribution in [0.3, 0.4) is 0 Å². The molecular weight excluding hydrogens is 502 g/mol. The van der Waals surface area contributed by atoms with Gasteiger partial charge in [-0.15, -0.1) is 0 Å². The normalized spacial score (nSPS) is 20.3. The Morgan fingerprint density at radius 1 is 0.846 bits per heavy atom. The monoisotopic (exact) mass is 535 g/mol. The van der Waals surface area contributed by atoms with Crippen molar-refractivity contribution in [2.24, 2.45) is 11.8 Å². The number of para-hydroxylation sites is 2. The number of carbonyl (C=O) groups is 1. The van der Waals surface area contributed by atoms with Crippen LogP contribution >= 0.6 is 11.8 Å². The average molecular weight is 536 g/mol. The second kappa shape index (κ2) is 11.3. The molecule has 6 rings (SSSR count). The Labute approximate surface area is 235 Å². The first-order valence-corrected chi connectivity index (χ1v) is 14.5. The van der Waals surface area contributed by atoms with Gasteiger partial charge in [0.2, 0.25) is 0 Å². The molecule has 1 amide bonds. The lowest BCUT2D eigenvalue weighted by Gasteiger charge is -2.39. The highest BCUT2D eigenvalue weighted by Crippen LogP contribution is 2.48. The number of amides is 1. The molecule has 0 unspecified atom stereocenters. The predicted octanol–water partition coefficient (Wildman–Crippen LogP) is 8.41. The van der Waals surface area contributed by atoms with Gasteiger partial charge in [-0.25, -0.2) is 0 Å². The number of anilines is 2. The maximum atomic E-state index is 13.4. The SMILES string of the molecule is CC(C)[C@@H]1C[C@H](c2ccccc2)CO[C@H]1c1ccc(OCC(=O)N2c3ccccc3Sc3ccccc32)cc1. The van der Waals surface area contributed by atoms with Gasteiger partial charge in [-0.05, 0) is 65.8 Å². The van der Waals surface area contributed by atoms with E-state index in [1.807, 2.05) is 48.5 Å². The zero-order chi connectivity index (χ0) is 26.8. The van der Waals surface area contributed by atoms with Gasteiger partial charge in [0.05, 0.1) is 24.1 Å². The van der Waals surface area contributed by atoms with Gasteiger partial charge < -0.3 is 9.47 Å². The number of ether oxygens (including phenoxy) is 2. The van der Waals surface area contributed by atoms with Crippen molar-refractivity contribution in [1.29, 1.82) is 0 Å². The minimum atomic E-state index is -0.0956. The Morgan fingerprint density at radius 3 is 2.10 bits per heavy atom. The lowest BCUT2D eigenvalue weighted by Crippen LogP contribution is -2.32. The van der Waals surface area contributed by atoms with Gasteiger partial charge in [0.1, 0.15) is 5.75 Å². The molecule has 2 aliphatic rings. The van der Waals surface area contributed by atoms with Crippen LogP contribution in [0.2, 0.25) is 0 Å². The number of hydrogen-bond acceptors (Lipinski definition) is 4. The van der Waals surface area contributed by atoms with E-state index in [4.69, 9.17) is 9.47 Å². The molecule has 3 atom stereocenters. The summed E-state index contributed by atoms with van der Waals surface area (Å²) in [6.45, 7) is 5.25. The first kappa shape index (κ1) is 25.7. The maximum absolute atomic E-state index is 13.4. The zero-order valence-corrected chi connectivity index (χ0v) is 23.1. The standard InChI is InChI=1S/C34H33NO3S/c1-23(2)28-20-26(24-10-4-3-5-11-24)21-38-34(28)25-16-18-27(19-17-25)37-22-33(36)35-29-12-6-8-14-31(29)39-32-15-9-7-13-30(32)35/h3-19,23,26,28,34H,20-22H2,1-2H3/t26-,28-,34-/m0/s1. The number of rotatable bonds is 6. The lowest BCUT2D eigenvalue weighted by molar-refractivity contribution is -0.119. The Kier molecular flexibility index (Phi) is 7.45. The molecule has 0 radical (unpaired) electrons. The molecule has 4 nitrogen and oxygen atoms in total. The van der Waals surface area contributed by atoms with Crippen molar-refractivity contribution >= 4 is 29.0 Å². The molecule has 0 N–H and O–H groups in total. The van der Waals surface area contributed by atoms with E-state index < -0.39 is 0 Å². The first-order chi connectivity index (χ1) is 19.1. The highest BCUT2D eigenvalue weighted by atomic mass is 32.2. The summed E-state index contributed by atoms with van der Waals surface area (Å²) in [5.74, 6) is 1.94. The molecule has 39 heavy (non-hydrogen) atoms. The van der Waals surface area contributed by atoms with Gasteiger partial charge in [0, 0.05) is 15.7 Å². The van der Waals surface area contributed by atoms with Crippen molar-refractivity contribution in [2.45, 2.75) is 42.1 Å². The van der Waals surface area contributed by atoms with Crippen LogP contribution in [0.1, 0.15) is 43.4 Å². The van der Waals surface area contributed by atoms with Gasteiger partial charge in [0.15, 0.2) is 6.61 Å². The third-order valence-electron chi connectivity index (χ3n) is 7.80. The van der Waals surface area contributed by atoms with E-state index in [0.29, 0.717) is 23.5 Å². The Bertz CT molecular complexity index is 1390. The van der Waals surface area contributed by atoms with Crippen LogP contribution in [0.25, 0.3) is 0 Å². The summed E-state index contributed by atoms with van der Waals surface area (Å²) in [5, 5.41) is 0. The van der Waals surface area contributed by atoms with Crippen molar-refractivity contribution in [3.63, 3.8) is 0 Å². The lowest BCUT2D eigenvalue weighted by atomic mass is 9.76. The van der Waals surface area contributed by atoms with E-state index in [1.165, 1.54) is 5.56 Å². The van der Waals surface area contributed by atoms with Crippen LogP contribution in [-0.2, 0) is 9.53 Å². The van der Waals surface area contributed by atoms with E-state index in [1.54, 1.807) is 16.7 Å². The van der Waals surface area contributed by atoms with E-state index in [9.17, 15) is 4.79 Å². The van der Waals surface area contributed by atoms with Crippen LogP contribution in [-0.4, -0.2) is 19.1 Å². The number of fused-ring (bicyclic) bond motifs is 2. The Balaban J connectivity index is 1.14. The van der Waals surface area contributed by atoms with Crippen molar-refractivity contribution in [3.05, 3.63) is 114 Å². The summed E-state index contributed by atoms with van der Waals surface area (Å²) in [7, 11) is 0. The minimum absolute atomic E-state index is 0.0417. The maximum Gasteiger partial charge on any atom is 0.269 e. The Hall–Kier alpha value is -3.54. The van der Waals surface area contributed by atoms with Gasteiger partial charge in [0.25, 0.3) is 5.91 Å². The fourth-order valence-corrected chi connectivity index (χ4v) is 6.78. The quantitative estimate of drug-likeness (QED) is 0.248. The topological polar surface area (TPSA) is 38.8 Å². The summed E-state index contributed by atoms with van der Waals surface area (Å²) in [4.78, 5) is 17.4. The summed E-state index contributed by atoms with van der Waals surface area (Å²) in [6, 6.07) is 34.8. The summed E-state index contributed by atoms with van der Waals surface area (Å²) in [6.07, 6.45) is 1.16. The van der Waals surface area contributed by atoms with Crippen LogP contribution in [0.15, 0.2) is 113 Å². The molecule has 2 aliphatic heterocycles. The fourth-order valence-electron chi connectivity index (χ4n) is 5.72. The smallest absolute Gasteiger partial charge is 0.269 e.